The Morgan fingerprint density at radius 3 is 2.08 bits per heavy atom. The number of hydrogen-bond donors (Lipinski definition) is 1. The molecule has 0 fully saturated rings. The van der Waals surface area contributed by atoms with Crippen molar-refractivity contribution >= 4 is 29.0 Å². The maximum atomic E-state index is 5.76. The molecule has 72 valence electrons. The average molecular weight is 220 g/mol. The van der Waals surface area contributed by atoms with Gasteiger partial charge in [-0.2, -0.15) is 0 Å². The summed E-state index contributed by atoms with van der Waals surface area (Å²) in [6.07, 6.45) is 0. The lowest BCUT2D eigenvalue weighted by atomic mass is 9.96. The van der Waals surface area contributed by atoms with Crippen molar-refractivity contribution in [3.05, 3.63) is 16.0 Å². The third kappa shape index (κ3) is 2.23. The summed E-state index contributed by atoms with van der Waals surface area (Å²) in [4.78, 5) is 8.10. The van der Waals surface area contributed by atoms with E-state index in [-0.39, 0.29) is 21.4 Å². The largest absolute Gasteiger partial charge is 0.382 e. The van der Waals surface area contributed by atoms with Crippen molar-refractivity contribution in [2.24, 2.45) is 0 Å². The Hall–Kier alpha value is -0.540. The summed E-state index contributed by atoms with van der Waals surface area (Å²) >= 11 is 11.5. The molecule has 0 saturated heterocycles. The van der Waals surface area contributed by atoms with Crippen LogP contribution in [0, 0.1) is 0 Å². The van der Waals surface area contributed by atoms with E-state index in [4.69, 9.17) is 28.9 Å². The van der Waals surface area contributed by atoms with E-state index >= 15 is 0 Å². The smallest absolute Gasteiger partial charge is 0.153 e. The third-order valence-electron chi connectivity index (χ3n) is 1.51. The van der Waals surface area contributed by atoms with Gasteiger partial charge in [-0.3, -0.25) is 0 Å². The van der Waals surface area contributed by atoms with Gasteiger partial charge in [0, 0.05) is 5.41 Å². The molecule has 5 heteroatoms. The average Bonchev–Trinajstić information content (AvgIpc) is 1.97. The van der Waals surface area contributed by atoms with Crippen molar-refractivity contribution in [2.45, 2.75) is 26.2 Å². The van der Waals surface area contributed by atoms with Crippen molar-refractivity contribution in [3.8, 4) is 0 Å². The summed E-state index contributed by atoms with van der Waals surface area (Å²) < 4.78 is 0. The first-order chi connectivity index (χ1) is 5.82. The molecule has 0 unspecified atom stereocenters. The predicted octanol–water partition coefficient (Wildman–Crippen LogP) is 2.66. The highest BCUT2D eigenvalue weighted by atomic mass is 35.5. The molecule has 1 rings (SSSR count). The highest BCUT2D eigenvalue weighted by Gasteiger charge is 2.20. The minimum atomic E-state index is -0.178. The van der Waals surface area contributed by atoms with E-state index in [1.165, 1.54) is 0 Å². The zero-order valence-corrected chi connectivity index (χ0v) is 9.24. The van der Waals surface area contributed by atoms with Gasteiger partial charge in [0.05, 0.1) is 0 Å². The summed E-state index contributed by atoms with van der Waals surface area (Å²) in [7, 11) is 0. The second-order valence-corrected chi connectivity index (χ2v) is 4.52. The van der Waals surface area contributed by atoms with Crippen LogP contribution in [0.4, 0.5) is 5.82 Å². The summed E-state index contributed by atoms with van der Waals surface area (Å²) in [5, 5.41) is 0.425. The van der Waals surface area contributed by atoms with Crippen LogP contribution in [0.15, 0.2) is 0 Å². The van der Waals surface area contributed by atoms with E-state index in [9.17, 15) is 0 Å². The van der Waals surface area contributed by atoms with Crippen LogP contribution >= 0.6 is 23.2 Å². The normalized spacial score (nSPS) is 11.8. The maximum Gasteiger partial charge on any atom is 0.153 e. The van der Waals surface area contributed by atoms with E-state index in [2.05, 4.69) is 9.97 Å². The van der Waals surface area contributed by atoms with E-state index < -0.39 is 0 Å². The molecule has 0 aromatic carbocycles. The molecule has 1 heterocycles. The monoisotopic (exact) mass is 219 g/mol. The maximum absolute atomic E-state index is 5.76. The zero-order chi connectivity index (χ0) is 10.2. The molecular weight excluding hydrogens is 209 g/mol. The molecule has 0 aliphatic carbocycles. The van der Waals surface area contributed by atoms with E-state index in [0.717, 1.165) is 0 Å². The fourth-order valence-corrected chi connectivity index (χ4v) is 1.03. The first kappa shape index (κ1) is 10.5. The molecular formula is C8H11Cl2N3. The molecule has 0 atom stereocenters. The summed E-state index contributed by atoms with van der Waals surface area (Å²) in [5.74, 6) is 0.825. The fourth-order valence-electron chi connectivity index (χ4n) is 0.771. The van der Waals surface area contributed by atoms with Crippen LogP contribution in [0.25, 0.3) is 0 Å². The van der Waals surface area contributed by atoms with Gasteiger partial charge in [-0.15, -0.1) is 0 Å². The first-order valence-corrected chi connectivity index (χ1v) is 4.57. The molecule has 0 amide bonds. The molecule has 0 radical (unpaired) electrons. The van der Waals surface area contributed by atoms with Gasteiger partial charge < -0.3 is 5.73 Å². The van der Waals surface area contributed by atoms with Crippen molar-refractivity contribution in [3.63, 3.8) is 0 Å². The number of rotatable bonds is 0. The predicted molar refractivity (Wildman–Crippen MR) is 55.2 cm³/mol. The lowest BCUT2D eigenvalue weighted by Gasteiger charge is -2.17. The first-order valence-electron chi connectivity index (χ1n) is 3.81. The van der Waals surface area contributed by atoms with Crippen LogP contribution in [-0.2, 0) is 5.41 Å². The van der Waals surface area contributed by atoms with Crippen LogP contribution in [0.1, 0.15) is 26.6 Å². The van der Waals surface area contributed by atoms with E-state index in [0.29, 0.717) is 5.82 Å². The van der Waals surface area contributed by atoms with Crippen LogP contribution in [-0.4, -0.2) is 9.97 Å². The fraction of sp³-hybridized carbons (Fsp3) is 0.500. The van der Waals surface area contributed by atoms with Crippen LogP contribution < -0.4 is 5.73 Å². The lowest BCUT2D eigenvalue weighted by Crippen LogP contribution is -2.17. The Labute approximate surface area is 87.3 Å². The number of hydrogen-bond acceptors (Lipinski definition) is 3. The molecule has 0 saturated carbocycles. The molecule has 0 spiro atoms. The standard InChI is InChI=1S/C8H11Cl2N3/c1-8(2,3)7-12-5(10)4(9)6(11)13-7/h1-3H3,(H2,11,12,13). The number of nitrogen functional groups attached to an aromatic ring is 1. The Morgan fingerprint density at radius 1 is 1.15 bits per heavy atom. The number of nitrogens with zero attached hydrogens (tertiary/aromatic N) is 2. The Morgan fingerprint density at radius 2 is 1.69 bits per heavy atom. The minimum absolute atomic E-state index is 0.178. The Bertz CT molecular complexity index is 308. The van der Waals surface area contributed by atoms with Gasteiger partial charge in [-0.05, 0) is 0 Å². The number of nitrogens with two attached hydrogens (primary N) is 1. The van der Waals surface area contributed by atoms with Gasteiger partial charge in [0.1, 0.15) is 16.7 Å². The van der Waals surface area contributed by atoms with Crippen molar-refractivity contribution in [2.75, 3.05) is 5.73 Å². The van der Waals surface area contributed by atoms with E-state index in [1.54, 1.807) is 0 Å². The van der Waals surface area contributed by atoms with Crippen molar-refractivity contribution < 1.29 is 0 Å². The second-order valence-electron chi connectivity index (χ2n) is 3.79. The molecule has 3 nitrogen and oxygen atoms in total. The van der Waals surface area contributed by atoms with Gasteiger partial charge >= 0.3 is 0 Å². The van der Waals surface area contributed by atoms with Gasteiger partial charge in [-0.1, -0.05) is 44.0 Å². The zero-order valence-electron chi connectivity index (χ0n) is 7.73. The molecule has 13 heavy (non-hydrogen) atoms. The van der Waals surface area contributed by atoms with Crippen molar-refractivity contribution in [1.82, 2.24) is 9.97 Å². The Balaban J connectivity index is 3.29. The minimum Gasteiger partial charge on any atom is -0.382 e. The van der Waals surface area contributed by atoms with Gasteiger partial charge in [-0.25, -0.2) is 9.97 Å². The lowest BCUT2D eigenvalue weighted by molar-refractivity contribution is 0.546. The van der Waals surface area contributed by atoms with Crippen LogP contribution in [0.5, 0.6) is 0 Å². The molecule has 1 aromatic rings. The van der Waals surface area contributed by atoms with Crippen LogP contribution in [0.2, 0.25) is 10.2 Å². The second kappa shape index (κ2) is 3.31. The summed E-state index contributed by atoms with van der Waals surface area (Å²) in [6.45, 7) is 5.93. The summed E-state index contributed by atoms with van der Waals surface area (Å²) in [5.41, 5.74) is 5.37. The van der Waals surface area contributed by atoms with Gasteiger partial charge in [0.2, 0.25) is 0 Å². The molecule has 0 bridgehead atoms. The van der Waals surface area contributed by atoms with Crippen LogP contribution in [0.3, 0.4) is 0 Å². The quantitative estimate of drug-likeness (QED) is 0.683. The van der Waals surface area contributed by atoms with Gasteiger partial charge in [0.15, 0.2) is 5.15 Å². The molecule has 2 N–H and O–H groups in total. The Kier molecular flexibility index (Phi) is 2.68. The highest BCUT2D eigenvalue weighted by Crippen LogP contribution is 2.28. The number of anilines is 1. The molecule has 0 aliphatic rings. The SMILES string of the molecule is CC(C)(C)c1nc(N)c(Cl)c(Cl)n1. The van der Waals surface area contributed by atoms with Crippen molar-refractivity contribution in [1.29, 1.82) is 0 Å². The topological polar surface area (TPSA) is 51.8 Å². The highest BCUT2D eigenvalue weighted by molar-refractivity contribution is 6.42. The van der Waals surface area contributed by atoms with E-state index in [1.807, 2.05) is 20.8 Å². The molecule has 0 aliphatic heterocycles. The number of aromatic nitrogens is 2. The number of halogens is 2. The summed E-state index contributed by atoms with van der Waals surface area (Å²) in [6, 6.07) is 0. The van der Waals surface area contributed by atoms with Gasteiger partial charge in [0.25, 0.3) is 0 Å². The molecule has 1 aromatic heterocycles. The third-order valence-corrected chi connectivity index (χ3v) is 2.25.